The van der Waals surface area contributed by atoms with Gasteiger partial charge < -0.3 is 21.7 Å². The van der Waals surface area contributed by atoms with Crippen molar-refractivity contribution in [3.63, 3.8) is 0 Å². The Morgan fingerprint density at radius 2 is 1.64 bits per heavy atom. The highest BCUT2D eigenvalue weighted by atomic mass is 16.5. The van der Waals surface area contributed by atoms with Crippen LogP contribution >= 0.6 is 0 Å². The molecule has 14 heavy (non-hydrogen) atoms. The quantitative estimate of drug-likeness (QED) is 0.306. The molecule has 0 unspecified atom stereocenters. The standard InChI is InChI=1S/C8H12N2O4/c9-6(11)2-1-4-8(13,14)5-3-7(10)12/h1-3,5,13-14H,4H2,(H2,9,11)(H2,10,12). The molecule has 0 radical (unpaired) electrons. The highest BCUT2D eigenvalue weighted by molar-refractivity contribution is 5.86. The minimum Gasteiger partial charge on any atom is -0.366 e. The summed E-state index contributed by atoms with van der Waals surface area (Å²) in [5.74, 6) is -3.70. The third-order valence-corrected chi connectivity index (χ3v) is 1.21. The lowest BCUT2D eigenvalue weighted by Gasteiger charge is -2.13. The zero-order valence-corrected chi connectivity index (χ0v) is 7.38. The molecule has 0 aliphatic heterocycles. The number of nitrogens with two attached hydrogens (primary N) is 2. The summed E-state index contributed by atoms with van der Waals surface area (Å²) in [6, 6.07) is 0. The molecule has 0 atom stereocenters. The Balaban J connectivity index is 4.20. The smallest absolute Gasteiger partial charge is 0.241 e. The number of hydrogen-bond acceptors (Lipinski definition) is 4. The molecule has 0 aromatic carbocycles. The number of amides is 2. The lowest BCUT2D eigenvalue weighted by molar-refractivity contribution is -0.119. The van der Waals surface area contributed by atoms with Crippen molar-refractivity contribution < 1.29 is 19.8 Å². The van der Waals surface area contributed by atoms with Gasteiger partial charge in [-0.15, -0.1) is 0 Å². The van der Waals surface area contributed by atoms with E-state index >= 15 is 0 Å². The summed E-state index contributed by atoms with van der Waals surface area (Å²) in [6.07, 6.45) is 3.53. The normalized spacial score (nSPS) is 12.4. The van der Waals surface area contributed by atoms with Crippen LogP contribution in [0.4, 0.5) is 0 Å². The van der Waals surface area contributed by atoms with E-state index in [0.717, 1.165) is 18.2 Å². The maximum atomic E-state index is 10.2. The van der Waals surface area contributed by atoms with Crippen molar-refractivity contribution in [2.75, 3.05) is 0 Å². The highest BCUT2D eigenvalue weighted by Crippen LogP contribution is 2.08. The fourth-order valence-electron chi connectivity index (χ4n) is 0.632. The molecule has 0 bridgehead atoms. The van der Waals surface area contributed by atoms with Gasteiger partial charge in [-0.25, -0.2) is 0 Å². The number of rotatable bonds is 5. The minimum absolute atomic E-state index is 0.264. The molecule has 0 heterocycles. The van der Waals surface area contributed by atoms with E-state index < -0.39 is 17.6 Å². The van der Waals surface area contributed by atoms with Crippen molar-refractivity contribution in [1.29, 1.82) is 0 Å². The van der Waals surface area contributed by atoms with Gasteiger partial charge in [-0.3, -0.25) is 9.59 Å². The zero-order valence-electron chi connectivity index (χ0n) is 7.38. The molecule has 0 spiro atoms. The number of hydrogen-bond donors (Lipinski definition) is 4. The van der Waals surface area contributed by atoms with Crippen molar-refractivity contribution in [3.8, 4) is 0 Å². The summed E-state index contributed by atoms with van der Waals surface area (Å²) in [7, 11) is 0. The Labute approximate surface area is 80.5 Å². The van der Waals surface area contributed by atoms with Gasteiger partial charge in [0, 0.05) is 12.5 Å². The van der Waals surface area contributed by atoms with Crippen LogP contribution in [0.15, 0.2) is 24.3 Å². The first-order valence-corrected chi connectivity index (χ1v) is 3.73. The fourth-order valence-corrected chi connectivity index (χ4v) is 0.632. The molecule has 0 rings (SSSR count). The van der Waals surface area contributed by atoms with Crippen molar-refractivity contribution in [2.45, 2.75) is 12.2 Å². The van der Waals surface area contributed by atoms with Gasteiger partial charge in [0.25, 0.3) is 0 Å². The van der Waals surface area contributed by atoms with Crippen LogP contribution in [0.3, 0.4) is 0 Å². The number of carbonyl (C=O) groups excluding carboxylic acids is 2. The van der Waals surface area contributed by atoms with E-state index in [9.17, 15) is 9.59 Å². The zero-order chi connectivity index (χ0) is 11.2. The van der Waals surface area contributed by atoms with Gasteiger partial charge in [0.2, 0.25) is 11.8 Å². The minimum atomic E-state index is -2.21. The molecule has 0 aromatic rings. The molecule has 6 N–H and O–H groups in total. The third kappa shape index (κ3) is 7.01. The van der Waals surface area contributed by atoms with Gasteiger partial charge in [-0.2, -0.15) is 0 Å². The second-order valence-corrected chi connectivity index (χ2v) is 2.62. The maximum Gasteiger partial charge on any atom is 0.241 e. The van der Waals surface area contributed by atoms with E-state index in [0.29, 0.717) is 0 Å². The van der Waals surface area contributed by atoms with Crippen molar-refractivity contribution in [2.24, 2.45) is 11.5 Å². The van der Waals surface area contributed by atoms with Crippen molar-refractivity contribution >= 4 is 11.8 Å². The Bertz CT molecular complexity index is 281. The van der Waals surface area contributed by atoms with Gasteiger partial charge in [0.15, 0.2) is 5.79 Å². The molecule has 0 aliphatic carbocycles. The van der Waals surface area contributed by atoms with Gasteiger partial charge in [0.05, 0.1) is 0 Å². The Hall–Kier alpha value is -1.66. The van der Waals surface area contributed by atoms with Gasteiger partial charge in [-0.1, -0.05) is 6.08 Å². The lowest BCUT2D eigenvalue weighted by Crippen LogP contribution is -2.25. The third-order valence-electron chi connectivity index (χ3n) is 1.21. The first-order chi connectivity index (χ1) is 6.33. The van der Waals surface area contributed by atoms with Crippen LogP contribution in [0, 0.1) is 0 Å². The van der Waals surface area contributed by atoms with Crippen LogP contribution in [0.2, 0.25) is 0 Å². The predicted octanol–water partition coefficient (Wildman–Crippen LogP) is -1.86. The van der Waals surface area contributed by atoms with E-state index in [1.807, 2.05) is 0 Å². The van der Waals surface area contributed by atoms with Crippen LogP contribution < -0.4 is 11.5 Å². The number of carbonyl (C=O) groups is 2. The molecule has 6 heteroatoms. The van der Waals surface area contributed by atoms with Crippen molar-refractivity contribution in [3.05, 3.63) is 24.3 Å². The van der Waals surface area contributed by atoms with E-state index in [1.165, 1.54) is 6.08 Å². The van der Waals surface area contributed by atoms with Crippen LogP contribution in [0.25, 0.3) is 0 Å². The molecule has 0 saturated heterocycles. The van der Waals surface area contributed by atoms with Gasteiger partial charge >= 0.3 is 0 Å². The van der Waals surface area contributed by atoms with Crippen LogP contribution in [-0.2, 0) is 9.59 Å². The summed E-state index contributed by atoms with van der Waals surface area (Å²) in [5.41, 5.74) is 9.50. The first kappa shape index (κ1) is 12.3. The van der Waals surface area contributed by atoms with Gasteiger partial charge in [0.1, 0.15) is 0 Å². The SMILES string of the molecule is NC(=O)C=CCC(O)(O)C=CC(N)=O. The predicted molar refractivity (Wildman–Crippen MR) is 48.5 cm³/mol. The highest BCUT2D eigenvalue weighted by Gasteiger charge is 2.16. The number of aliphatic hydroxyl groups is 2. The molecule has 6 nitrogen and oxygen atoms in total. The molecule has 0 aliphatic rings. The average Bonchev–Trinajstić information content (AvgIpc) is 2.00. The topological polar surface area (TPSA) is 127 Å². The molecule has 0 aromatic heterocycles. The van der Waals surface area contributed by atoms with Crippen molar-refractivity contribution in [1.82, 2.24) is 0 Å². The molecule has 0 fully saturated rings. The average molecular weight is 200 g/mol. The number of primary amides is 2. The summed E-state index contributed by atoms with van der Waals surface area (Å²) in [5, 5.41) is 18.3. The van der Waals surface area contributed by atoms with Gasteiger partial charge in [-0.05, 0) is 12.2 Å². The fraction of sp³-hybridized carbons (Fsp3) is 0.250. The van der Waals surface area contributed by atoms with Crippen LogP contribution in [0.5, 0.6) is 0 Å². The Morgan fingerprint density at radius 1 is 1.14 bits per heavy atom. The molecule has 78 valence electrons. The second kappa shape index (κ2) is 5.15. The second-order valence-electron chi connectivity index (χ2n) is 2.62. The Kier molecular flexibility index (Phi) is 4.54. The summed E-state index contributed by atoms with van der Waals surface area (Å²) in [4.78, 5) is 20.5. The van der Waals surface area contributed by atoms with Crippen LogP contribution in [0.1, 0.15) is 6.42 Å². The van der Waals surface area contributed by atoms with E-state index in [-0.39, 0.29) is 6.42 Å². The molecule has 0 saturated carbocycles. The van der Waals surface area contributed by atoms with E-state index in [4.69, 9.17) is 21.7 Å². The monoisotopic (exact) mass is 200 g/mol. The Morgan fingerprint density at radius 3 is 2.07 bits per heavy atom. The van der Waals surface area contributed by atoms with Crippen LogP contribution in [-0.4, -0.2) is 27.8 Å². The van der Waals surface area contributed by atoms with E-state index in [2.05, 4.69) is 0 Å². The largest absolute Gasteiger partial charge is 0.366 e. The lowest BCUT2D eigenvalue weighted by atomic mass is 10.1. The summed E-state index contributed by atoms with van der Waals surface area (Å²) in [6.45, 7) is 0. The maximum absolute atomic E-state index is 10.2. The molecular formula is C8H12N2O4. The van der Waals surface area contributed by atoms with E-state index in [1.54, 1.807) is 0 Å². The summed E-state index contributed by atoms with van der Waals surface area (Å²) >= 11 is 0. The summed E-state index contributed by atoms with van der Waals surface area (Å²) < 4.78 is 0. The molecular weight excluding hydrogens is 188 g/mol. The molecule has 2 amide bonds. The first-order valence-electron chi connectivity index (χ1n) is 3.73.